The fourth-order valence-electron chi connectivity index (χ4n) is 3.11. The number of benzene rings is 2. The third kappa shape index (κ3) is 3.97. The van der Waals surface area contributed by atoms with Crippen LogP contribution in [-0.2, 0) is 14.1 Å². The summed E-state index contributed by atoms with van der Waals surface area (Å²) in [6.07, 6.45) is 0. The molecule has 4 rings (SSSR count). The van der Waals surface area contributed by atoms with Crippen molar-refractivity contribution in [2.24, 2.45) is 14.1 Å². The minimum absolute atomic E-state index is 0.0280. The van der Waals surface area contributed by atoms with Gasteiger partial charge in [0.1, 0.15) is 0 Å². The molecule has 2 aromatic heterocycles. The highest BCUT2D eigenvalue weighted by molar-refractivity contribution is 7.20. The molecule has 0 atom stereocenters. The fourth-order valence-corrected chi connectivity index (χ4v) is 4.19. The highest BCUT2D eigenvalue weighted by Crippen LogP contribution is 2.39. The first kappa shape index (κ1) is 23.3. The average Bonchev–Trinajstić information content (AvgIpc) is 3.23. The van der Waals surface area contributed by atoms with Crippen LogP contribution in [0, 0.1) is 5.82 Å². The Morgan fingerprint density at radius 2 is 1.91 bits per heavy atom. The number of carbonyl (C=O) groups excluding carboxylic acids is 1. The van der Waals surface area contributed by atoms with Crippen LogP contribution in [-0.4, -0.2) is 32.2 Å². The standard InChI is InChI=1S/C21H16ClFN4O6S/c1-26-18(29)14(19(30)27(2)21(26)31)17(28)24-9-4-7-12(13(8-9)32-3)33-20-25-11-6-5-10(22)15(23)16(11)34-20/h4-8,29H,1-3H3,(H,24,28). The van der Waals surface area contributed by atoms with E-state index in [4.69, 9.17) is 21.1 Å². The van der Waals surface area contributed by atoms with Gasteiger partial charge < -0.3 is 19.9 Å². The molecule has 0 aliphatic heterocycles. The maximum absolute atomic E-state index is 14.2. The molecule has 0 unspecified atom stereocenters. The van der Waals surface area contributed by atoms with Gasteiger partial charge in [0, 0.05) is 25.8 Å². The second-order valence-electron chi connectivity index (χ2n) is 7.02. The number of fused-ring (bicyclic) bond motifs is 1. The fraction of sp³-hybridized carbons (Fsp3) is 0.143. The predicted octanol–water partition coefficient (Wildman–Crippen LogP) is 3.25. The maximum atomic E-state index is 14.2. The van der Waals surface area contributed by atoms with Gasteiger partial charge in [-0.3, -0.25) is 18.7 Å². The predicted molar refractivity (Wildman–Crippen MR) is 124 cm³/mol. The molecule has 0 aliphatic carbocycles. The minimum Gasteiger partial charge on any atom is -0.494 e. The van der Waals surface area contributed by atoms with Crippen molar-refractivity contribution in [3.63, 3.8) is 0 Å². The first-order valence-corrected chi connectivity index (χ1v) is 10.7. The molecule has 0 aliphatic rings. The number of anilines is 1. The van der Waals surface area contributed by atoms with Crippen LogP contribution in [0.4, 0.5) is 10.1 Å². The monoisotopic (exact) mass is 506 g/mol. The van der Waals surface area contributed by atoms with Crippen molar-refractivity contribution in [2.75, 3.05) is 12.4 Å². The summed E-state index contributed by atoms with van der Waals surface area (Å²) < 4.78 is 27.0. The Hall–Kier alpha value is -3.90. The Morgan fingerprint density at radius 1 is 1.18 bits per heavy atom. The average molecular weight is 507 g/mol. The number of hydrogen-bond donors (Lipinski definition) is 2. The van der Waals surface area contributed by atoms with Crippen LogP contribution in [0.2, 0.25) is 5.02 Å². The molecule has 1 amide bonds. The molecule has 10 nitrogen and oxygen atoms in total. The van der Waals surface area contributed by atoms with E-state index in [2.05, 4.69) is 10.3 Å². The normalized spacial score (nSPS) is 11.0. The topological polar surface area (TPSA) is 125 Å². The molecule has 13 heteroatoms. The van der Waals surface area contributed by atoms with E-state index in [0.717, 1.165) is 15.9 Å². The van der Waals surface area contributed by atoms with Crippen LogP contribution in [0.1, 0.15) is 10.4 Å². The van der Waals surface area contributed by atoms with E-state index in [-0.39, 0.29) is 32.1 Å². The SMILES string of the molecule is COc1cc(NC(=O)c2c(O)n(C)c(=O)n(C)c2=O)ccc1Oc1nc2ccc(Cl)c(F)c2s1. The van der Waals surface area contributed by atoms with E-state index in [1.54, 1.807) is 6.07 Å². The van der Waals surface area contributed by atoms with Gasteiger partial charge in [-0.15, -0.1) is 0 Å². The largest absolute Gasteiger partial charge is 0.494 e. The lowest BCUT2D eigenvalue weighted by Gasteiger charge is -2.13. The summed E-state index contributed by atoms with van der Waals surface area (Å²) in [6.45, 7) is 0. The lowest BCUT2D eigenvalue weighted by atomic mass is 10.2. The molecular weight excluding hydrogens is 491 g/mol. The molecule has 176 valence electrons. The molecule has 0 spiro atoms. The van der Waals surface area contributed by atoms with Crippen molar-refractivity contribution in [3.8, 4) is 22.6 Å². The number of thiazole rings is 1. The zero-order valence-electron chi connectivity index (χ0n) is 17.9. The van der Waals surface area contributed by atoms with E-state index in [1.807, 2.05) is 0 Å². The third-order valence-electron chi connectivity index (χ3n) is 4.91. The highest BCUT2D eigenvalue weighted by atomic mass is 35.5. The van der Waals surface area contributed by atoms with Crippen LogP contribution < -0.4 is 26.0 Å². The number of methoxy groups -OCH3 is 1. The van der Waals surface area contributed by atoms with Crippen LogP contribution in [0.3, 0.4) is 0 Å². The van der Waals surface area contributed by atoms with Gasteiger partial charge in [-0.05, 0) is 24.3 Å². The first-order chi connectivity index (χ1) is 16.1. The number of halogens is 2. The quantitative estimate of drug-likeness (QED) is 0.425. The zero-order valence-corrected chi connectivity index (χ0v) is 19.5. The van der Waals surface area contributed by atoms with Gasteiger partial charge >= 0.3 is 5.69 Å². The van der Waals surface area contributed by atoms with Gasteiger partial charge in [-0.25, -0.2) is 14.2 Å². The van der Waals surface area contributed by atoms with Gasteiger partial charge in [-0.1, -0.05) is 22.9 Å². The Morgan fingerprint density at radius 3 is 2.62 bits per heavy atom. The van der Waals surface area contributed by atoms with Gasteiger partial charge in [0.2, 0.25) is 5.88 Å². The summed E-state index contributed by atoms with van der Waals surface area (Å²) in [4.78, 5) is 41.1. The summed E-state index contributed by atoms with van der Waals surface area (Å²) in [5.74, 6) is -1.85. The number of nitrogens with zero attached hydrogens (tertiary/aromatic N) is 3. The Balaban J connectivity index is 1.62. The lowest BCUT2D eigenvalue weighted by Crippen LogP contribution is -2.40. The van der Waals surface area contributed by atoms with Crippen LogP contribution in [0.15, 0.2) is 39.9 Å². The Bertz CT molecular complexity index is 1580. The van der Waals surface area contributed by atoms with E-state index < -0.39 is 34.4 Å². The maximum Gasteiger partial charge on any atom is 0.333 e. The molecule has 0 saturated carbocycles. The number of carbonyl (C=O) groups is 1. The van der Waals surface area contributed by atoms with Gasteiger partial charge in [0.15, 0.2) is 22.9 Å². The summed E-state index contributed by atoms with van der Waals surface area (Å²) in [7, 11) is 3.79. The molecule has 0 fully saturated rings. The highest BCUT2D eigenvalue weighted by Gasteiger charge is 2.22. The Kier molecular flexibility index (Phi) is 6.02. The van der Waals surface area contributed by atoms with Crippen molar-refractivity contribution in [1.82, 2.24) is 14.1 Å². The molecule has 4 aromatic rings. The van der Waals surface area contributed by atoms with Crippen LogP contribution >= 0.6 is 22.9 Å². The van der Waals surface area contributed by atoms with Crippen molar-refractivity contribution < 1.29 is 23.8 Å². The number of aromatic hydroxyl groups is 1. The summed E-state index contributed by atoms with van der Waals surface area (Å²) in [5.41, 5.74) is -1.73. The second kappa shape index (κ2) is 8.80. The number of rotatable bonds is 5. The Labute approximate surface area is 199 Å². The molecule has 2 N–H and O–H groups in total. The number of nitrogens with one attached hydrogen (secondary N) is 1. The lowest BCUT2D eigenvalue weighted by molar-refractivity contribution is 0.102. The van der Waals surface area contributed by atoms with Crippen molar-refractivity contribution in [2.45, 2.75) is 0 Å². The number of aromatic nitrogens is 3. The molecule has 0 bridgehead atoms. The number of amides is 1. The second-order valence-corrected chi connectivity index (χ2v) is 8.38. The van der Waals surface area contributed by atoms with Crippen molar-refractivity contribution in [1.29, 1.82) is 0 Å². The van der Waals surface area contributed by atoms with Gasteiger partial charge in [-0.2, -0.15) is 0 Å². The summed E-state index contributed by atoms with van der Waals surface area (Å²) in [5, 5.41) is 12.7. The molecule has 34 heavy (non-hydrogen) atoms. The molecule has 0 radical (unpaired) electrons. The first-order valence-electron chi connectivity index (χ1n) is 9.53. The van der Waals surface area contributed by atoms with Crippen molar-refractivity contribution >= 4 is 44.7 Å². The minimum atomic E-state index is -0.951. The molecule has 0 saturated heterocycles. The molecular formula is C21H16ClFN4O6S. The van der Waals surface area contributed by atoms with E-state index in [1.165, 1.54) is 45.5 Å². The summed E-state index contributed by atoms with van der Waals surface area (Å²) in [6, 6.07) is 7.32. The third-order valence-corrected chi connectivity index (χ3v) is 6.14. The summed E-state index contributed by atoms with van der Waals surface area (Å²) >= 11 is 6.77. The van der Waals surface area contributed by atoms with Gasteiger partial charge in [0.25, 0.3) is 16.7 Å². The number of hydrogen-bond acceptors (Lipinski definition) is 8. The molecule has 2 heterocycles. The molecule has 2 aromatic carbocycles. The smallest absolute Gasteiger partial charge is 0.333 e. The van der Waals surface area contributed by atoms with E-state index in [0.29, 0.717) is 10.1 Å². The van der Waals surface area contributed by atoms with Crippen molar-refractivity contribution in [3.05, 3.63) is 67.6 Å². The van der Waals surface area contributed by atoms with Crippen LogP contribution in [0.5, 0.6) is 22.6 Å². The van der Waals surface area contributed by atoms with E-state index in [9.17, 15) is 23.9 Å². The zero-order chi connectivity index (χ0) is 24.7. The van der Waals surface area contributed by atoms with Crippen LogP contribution in [0.25, 0.3) is 10.2 Å². The van der Waals surface area contributed by atoms with Gasteiger partial charge in [0.05, 0.1) is 22.3 Å². The van der Waals surface area contributed by atoms with E-state index >= 15 is 0 Å². The number of ether oxygens (including phenoxy) is 2.